The van der Waals surface area contributed by atoms with Crippen LogP contribution >= 0.6 is 0 Å². The molecule has 0 aromatic carbocycles. The highest BCUT2D eigenvalue weighted by molar-refractivity contribution is 6.11. The molecule has 0 saturated heterocycles. The van der Waals surface area contributed by atoms with Crippen molar-refractivity contribution >= 4 is 24.6 Å². The summed E-state index contributed by atoms with van der Waals surface area (Å²) in [5.41, 5.74) is 3.23. The van der Waals surface area contributed by atoms with Gasteiger partial charge in [-0.05, 0) is 25.0 Å². The molecular formula is C13H16BN3. The van der Waals surface area contributed by atoms with Gasteiger partial charge in [-0.3, -0.25) is 4.98 Å². The Morgan fingerprint density at radius 2 is 2.12 bits per heavy atom. The first-order valence-corrected chi connectivity index (χ1v) is 6.27. The van der Waals surface area contributed by atoms with Crippen molar-refractivity contribution in [3.05, 3.63) is 24.5 Å². The van der Waals surface area contributed by atoms with E-state index in [4.69, 9.17) is 7.85 Å². The zero-order chi connectivity index (χ0) is 11.7. The monoisotopic (exact) mass is 225 g/mol. The lowest BCUT2D eigenvalue weighted by Gasteiger charge is -2.27. The molecule has 0 atom stereocenters. The van der Waals surface area contributed by atoms with Crippen LogP contribution in [0.5, 0.6) is 0 Å². The van der Waals surface area contributed by atoms with E-state index in [1.54, 1.807) is 0 Å². The number of pyridine rings is 1. The molecule has 2 radical (unpaired) electrons. The van der Waals surface area contributed by atoms with Gasteiger partial charge in [0.05, 0.1) is 19.1 Å². The third-order valence-electron chi connectivity index (χ3n) is 3.57. The lowest BCUT2D eigenvalue weighted by Crippen LogP contribution is -2.24. The Hall–Kier alpha value is -1.45. The van der Waals surface area contributed by atoms with Gasteiger partial charge in [0.25, 0.3) is 0 Å². The first-order valence-electron chi connectivity index (χ1n) is 6.27. The minimum absolute atomic E-state index is 0.397. The molecule has 1 saturated carbocycles. The summed E-state index contributed by atoms with van der Waals surface area (Å²) in [7, 11) is 5.91. The fourth-order valence-electron chi connectivity index (χ4n) is 2.55. The summed E-state index contributed by atoms with van der Waals surface area (Å²) in [6, 6.07) is 4.53. The van der Waals surface area contributed by atoms with Gasteiger partial charge >= 0.3 is 0 Å². The first-order chi connectivity index (χ1) is 8.33. The summed E-state index contributed by atoms with van der Waals surface area (Å²) < 4.78 is 0. The van der Waals surface area contributed by atoms with E-state index in [2.05, 4.69) is 15.3 Å². The Balaban J connectivity index is 1.76. The average molecular weight is 225 g/mol. The van der Waals surface area contributed by atoms with Gasteiger partial charge in [-0.25, -0.2) is 0 Å². The van der Waals surface area contributed by atoms with Crippen LogP contribution in [0.25, 0.3) is 11.0 Å². The van der Waals surface area contributed by atoms with Gasteiger partial charge in [0.15, 0.2) is 0 Å². The second-order valence-electron chi connectivity index (χ2n) is 4.86. The molecule has 2 N–H and O–H groups in total. The molecule has 4 heteroatoms. The van der Waals surface area contributed by atoms with Crippen LogP contribution in [-0.4, -0.2) is 23.9 Å². The predicted molar refractivity (Wildman–Crippen MR) is 71.5 cm³/mol. The largest absolute Gasteiger partial charge is 0.379 e. The van der Waals surface area contributed by atoms with Gasteiger partial charge in [-0.2, -0.15) is 0 Å². The maximum absolute atomic E-state index is 5.91. The van der Waals surface area contributed by atoms with E-state index < -0.39 is 0 Å². The number of aromatic amines is 1. The summed E-state index contributed by atoms with van der Waals surface area (Å²) in [6.45, 7) is 0. The van der Waals surface area contributed by atoms with Crippen LogP contribution in [0.1, 0.15) is 25.7 Å². The normalized spacial score (nSPS) is 24.9. The van der Waals surface area contributed by atoms with Crippen LogP contribution in [0, 0.1) is 0 Å². The van der Waals surface area contributed by atoms with Gasteiger partial charge in [0.2, 0.25) is 0 Å². The number of nitrogens with zero attached hydrogens (tertiary/aromatic N) is 1. The van der Waals surface area contributed by atoms with E-state index >= 15 is 0 Å². The maximum Gasteiger partial charge on any atom is 0.111 e. The molecule has 0 unspecified atom stereocenters. The number of rotatable bonds is 2. The molecule has 17 heavy (non-hydrogen) atoms. The van der Waals surface area contributed by atoms with Crippen molar-refractivity contribution in [2.24, 2.45) is 0 Å². The Labute approximate surface area is 102 Å². The molecule has 3 nitrogen and oxygen atoms in total. The highest BCUT2D eigenvalue weighted by Gasteiger charge is 2.18. The average Bonchev–Trinajstić information content (AvgIpc) is 2.76. The fourth-order valence-corrected chi connectivity index (χ4v) is 2.55. The molecule has 86 valence electrons. The molecule has 0 bridgehead atoms. The number of hydrogen-bond donors (Lipinski definition) is 2. The van der Waals surface area contributed by atoms with Gasteiger partial charge in [-0.15, -0.1) is 0 Å². The zero-order valence-corrected chi connectivity index (χ0v) is 9.82. The first kappa shape index (κ1) is 10.7. The molecule has 3 rings (SSSR count). The van der Waals surface area contributed by atoms with E-state index in [9.17, 15) is 0 Å². The number of hydrogen-bond acceptors (Lipinski definition) is 2. The Bertz CT molecular complexity index is 500. The van der Waals surface area contributed by atoms with Crippen molar-refractivity contribution in [2.75, 3.05) is 5.32 Å². The second-order valence-corrected chi connectivity index (χ2v) is 4.86. The highest BCUT2D eigenvalue weighted by atomic mass is 15.0. The third-order valence-corrected chi connectivity index (χ3v) is 3.57. The fraction of sp³-hybridized carbons (Fsp3) is 0.462. The minimum Gasteiger partial charge on any atom is -0.379 e. The molecule has 1 aliphatic rings. The Kier molecular flexibility index (Phi) is 2.79. The quantitative estimate of drug-likeness (QED) is 0.771. The van der Waals surface area contributed by atoms with Gasteiger partial charge in [0, 0.05) is 18.4 Å². The molecule has 0 spiro atoms. The van der Waals surface area contributed by atoms with Crippen molar-refractivity contribution in [1.82, 2.24) is 9.97 Å². The Morgan fingerprint density at radius 1 is 1.29 bits per heavy atom. The van der Waals surface area contributed by atoms with Crippen molar-refractivity contribution in [2.45, 2.75) is 37.5 Å². The number of H-pyrrole nitrogens is 1. The third kappa shape index (κ3) is 2.16. The molecular weight excluding hydrogens is 209 g/mol. The molecule has 2 aromatic heterocycles. The number of aromatic nitrogens is 2. The van der Waals surface area contributed by atoms with Crippen molar-refractivity contribution in [3.63, 3.8) is 0 Å². The van der Waals surface area contributed by atoms with E-state index in [1.165, 1.54) is 0 Å². The lowest BCUT2D eigenvalue weighted by molar-refractivity contribution is 0.463. The van der Waals surface area contributed by atoms with Crippen molar-refractivity contribution in [1.29, 1.82) is 0 Å². The Morgan fingerprint density at radius 3 is 2.94 bits per heavy atom. The number of anilines is 1. The highest BCUT2D eigenvalue weighted by Crippen LogP contribution is 2.29. The summed E-state index contributed by atoms with van der Waals surface area (Å²) >= 11 is 0. The summed E-state index contributed by atoms with van der Waals surface area (Å²) in [6.07, 6.45) is 8.38. The molecule has 2 aromatic rings. The zero-order valence-electron chi connectivity index (χ0n) is 9.82. The standard InChI is InChI=1S/C13H16BN3/c14-9-3-5-10(6-4-9)17-12-8-16-11-2-1-7-15-13(11)12/h1-2,7-10,16-17H,3-6H2. The van der Waals surface area contributed by atoms with E-state index in [-0.39, 0.29) is 0 Å². The molecule has 0 aliphatic heterocycles. The van der Waals surface area contributed by atoms with Crippen LogP contribution in [0.4, 0.5) is 5.69 Å². The number of nitrogens with one attached hydrogen (secondary N) is 2. The van der Waals surface area contributed by atoms with E-state index in [0.29, 0.717) is 11.9 Å². The molecule has 1 fully saturated rings. The smallest absolute Gasteiger partial charge is 0.111 e. The van der Waals surface area contributed by atoms with Crippen LogP contribution < -0.4 is 5.32 Å². The second kappa shape index (κ2) is 4.44. The maximum atomic E-state index is 5.91. The summed E-state index contributed by atoms with van der Waals surface area (Å²) in [4.78, 5) is 7.64. The lowest BCUT2D eigenvalue weighted by atomic mass is 9.74. The minimum atomic E-state index is 0.397. The summed E-state index contributed by atoms with van der Waals surface area (Å²) in [5, 5.41) is 3.58. The van der Waals surface area contributed by atoms with Crippen LogP contribution in [0.15, 0.2) is 24.5 Å². The predicted octanol–water partition coefficient (Wildman–Crippen LogP) is 2.87. The van der Waals surface area contributed by atoms with Gasteiger partial charge in [-0.1, -0.05) is 18.7 Å². The number of fused-ring (bicyclic) bond motifs is 1. The van der Waals surface area contributed by atoms with Gasteiger partial charge in [0.1, 0.15) is 5.52 Å². The van der Waals surface area contributed by atoms with Gasteiger partial charge < -0.3 is 10.3 Å². The van der Waals surface area contributed by atoms with Crippen molar-refractivity contribution < 1.29 is 0 Å². The SMILES string of the molecule is [B]C1CCC(Nc2c[nH]c3cccnc23)CC1. The molecule has 2 heterocycles. The van der Waals surface area contributed by atoms with E-state index in [1.807, 2.05) is 24.5 Å². The van der Waals surface area contributed by atoms with Crippen LogP contribution in [0.3, 0.4) is 0 Å². The molecule has 0 amide bonds. The topological polar surface area (TPSA) is 40.7 Å². The summed E-state index contributed by atoms with van der Waals surface area (Å²) in [5.74, 6) is 0.397. The molecule has 1 aliphatic carbocycles. The van der Waals surface area contributed by atoms with E-state index in [0.717, 1.165) is 42.4 Å². The van der Waals surface area contributed by atoms with Crippen LogP contribution in [-0.2, 0) is 0 Å². The van der Waals surface area contributed by atoms with Crippen LogP contribution in [0.2, 0.25) is 5.82 Å². The van der Waals surface area contributed by atoms with Crippen molar-refractivity contribution in [3.8, 4) is 0 Å².